The van der Waals surface area contributed by atoms with Gasteiger partial charge in [0.1, 0.15) is 6.10 Å². The van der Waals surface area contributed by atoms with Gasteiger partial charge in [-0.05, 0) is 109 Å². The fraction of sp³-hybridized carbons (Fsp3) is 0.900. The van der Waals surface area contributed by atoms with Crippen LogP contribution in [0.5, 0.6) is 6.01 Å². The lowest BCUT2D eigenvalue weighted by molar-refractivity contribution is -0.255. The van der Waals surface area contributed by atoms with Gasteiger partial charge in [-0.3, -0.25) is 0 Å². The van der Waals surface area contributed by atoms with Crippen LogP contribution in [-0.4, -0.2) is 97.2 Å². The van der Waals surface area contributed by atoms with Crippen LogP contribution >= 0.6 is 0 Å². The highest BCUT2D eigenvalue weighted by Crippen LogP contribution is 2.41. The third-order valence-corrected chi connectivity index (χ3v) is 9.43. The first-order valence-corrected chi connectivity index (χ1v) is 15.4. The molecule has 3 aliphatic heterocycles. The highest BCUT2D eigenvalue weighted by molar-refractivity contribution is 5.38. The maximum absolute atomic E-state index is 10.8. The molecule has 12 heteroatoms. The van der Waals surface area contributed by atoms with Crippen LogP contribution < -0.4 is 15.4 Å². The second-order valence-electron chi connectivity index (χ2n) is 16.7. The van der Waals surface area contributed by atoms with Gasteiger partial charge in [-0.2, -0.15) is 30.1 Å². The van der Waals surface area contributed by atoms with Crippen molar-refractivity contribution in [3.8, 4) is 6.01 Å². The molecule has 0 saturated carbocycles. The summed E-state index contributed by atoms with van der Waals surface area (Å²) in [5, 5.41) is 43.8. The van der Waals surface area contributed by atoms with Crippen molar-refractivity contribution in [3.05, 3.63) is 0 Å². The Morgan fingerprint density at radius 1 is 0.524 bits per heavy atom. The maximum atomic E-state index is 10.8. The smallest absolute Gasteiger partial charge is 0.323 e. The number of ether oxygens (including phenoxy) is 1. The van der Waals surface area contributed by atoms with Gasteiger partial charge in [0.25, 0.3) is 0 Å². The van der Waals surface area contributed by atoms with Crippen molar-refractivity contribution in [3.63, 3.8) is 0 Å². The van der Waals surface area contributed by atoms with E-state index in [4.69, 9.17) is 19.7 Å². The summed E-state index contributed by atoms with van der Waals surface area (Å²) in [6, 6.07) is 0.272. The maximum Gasteiger partial charge on any atom is 0.323 e. The fourth-order valence-corrected chi connectivity index (χ4v) is 8.06. The second kappa shape index (κ2) is 10.7. The molecule has 4 rings (SSSR count). The second-order valence-corrected chi connectivity index (χ2v) is 16.7. The van der Waals surface area contributed by atoms with Crippen LogP contribution in [0.1, 0.15) is 122 Å². The van der Waals surface area contributed by atoms with E-state index in [0.29, 0.717) is 50.4 Å². The Labute approximate surface area is 252 Å². The molecule has 0 aromatic carbocycles. The van der Waals surface area contributed by atoms with Crippen molar-refractivity contribution in [2.24, 2.45) is 0 Å². The molecular formula is C30H56N8O4. The van der Waals surface area contributed by atoms with E-state index >= 15 is 0 Å². The zero-order valence-electron chi connectivity index (χ0n) is 27.9. The highest BCUT2D eigenvalue weighted by Gasteiger charge is 2.48. The normalized spacial score (nSPS) is 28.4. The van der Waals surface area contributed by atoms with Crippen LogP contribution in [0.25, 0.3) is 0 Å². The van der Waals surface area contributed by atoms with E-state index in [1.165, 1.54) is 15.2 Å². The minimum Gasteiger partial charge on any atom is -0.460 e. The van der Waals surface area contributed by atoms with Crippen molar-refractivity contribution in [2.75, 3.05) is 10.6 Å². The molecule has 12 nitrogen and oxygen atoms in total. The Morgan fingerprint density at radius 2 is 0.810 bits per heavy atom. The number of nitrogens with one attached hydrogen (secondary N) is 2. The monoisotopic (exact) mass is 592 g/mol. The molecule has 1 aromatic rings. The topological polar surface area (TPSA) is 142 Å². The molecule has 3 saturated heterocycles. The average Bonchev–Trinajstić information content (AvgIpc) is 2.78. The minimum absolute atomic E-state index is 0.0208. The third-order valence-electron chi connectivity index (χ3n) is 9.43. The molecule has 0 radical (unpaired) electrons. The summed E-state index contributed by atoms with van der Waals surface area (Å²) >= 11 is 0. The highest BCUT2D eigenvalue weighted by atomic mass is 16.5. The predicted molar refractivity (Wildman–Crippen MR) is 162 cm³/mol. The number of aromatic nitrogens is 3. The molecule has 0 amide bonds. The fourth-order valence-electron chi connectivity index (χ4n) is 8.06. The summed E-state index contributed by atoms with van der Waals surface area (Å²) in [5.41, 5.74) is -2.69. The zero-order chi connectivity index (χ0) is 31.7. The molecular weight excluding hydrogens is 536 g/mol. The first-order chi connectivity index (χ1) is 18.9. The van der Waals surface area contributed by atoms with Gasteiger partial charge in [-0.25, -0.2) is 0 Å². The predicted octanol–water partition coefficient (Wildman–Crippen LogP) is 5.31. The van der Waals surface area contributed by atoms with Gasteiger partial charge in [0.15, 0.2) is 0 Å². The van der Waals surface area contributed by atoms with Gasteiger partial charge in [0, 0.05) is 58.2 Å². The summed E-state index contributed by atoms with van der Waals surface area (Å²) in [6.07, 6.45) is 3.82. The van der Waals surface area contributed by atoms with Gasteiger partial charge in [-0.1, -0.05) is 0 Å². The van der Waals surface area contributed by atoms with Crippen molar-refractivity contribution >= 4 is 11.9 Å². The van der Waals surface area contributed by atoms with Crippen molar-refractivity contribution < 1.29 is 20.4 Å². The number of hydrogen-bond acceptors (Lipinski definition) is 12. The third kappa shape index (κ3) is 6.78. The van der Waals surface area contributed by atoms with Gasteiger partial charge < -0.3 is 31.0 Å². The van der Waals surface area contributed by atoms with Crippen LogP contribution in [0.3, 0.4) is 0 Å². The van der Waals surface area contributed by atoms with Crippen LogP contribution in [-0.2, 0) is 0 Å². The zero-order valence-corrected chi connectivity index (χ0v) is 27.9. The van der Waals surface area contributed by atoms with Crippen molar-refractivity contribution in [1.82, 2.24) is 30.1 Å². The summed E-state index contributed by atoms with van der Waals surface area (Å²) in [6.45, 7) is 24.3. The van der Waals surface area contributed by atoms with Crippen LogP contribution in [0.4, 0.5) is 11.9 Å². The molecule has 0 aliphatic carbocycles. The van der Waals surface area contributed by atoms with E-state index in [0.717, 1.165) is 0 Å². The Bertz CT molecular complexity index is 934. The molecule has 5 N–H and O–H groups in total. The number of hydroxylamine groups is 6. The number of anilines is 2. The SMILES string of the molecule is CC1(C)CC(Nc2nc(NC3CC(C)(C)N(O)C(C)(C)C3)nc(OC3CC(C)(C)N(O)C(C)(C)C3)n2)CC(C)(C)N1O. The number of piperidine rings is 3. The molecule has 3 fully saturated rings. The van der Waals surface area contributed by atoms with Gasteiger partial charge >= 0.3 is 6.01 Å². The quantitative estimate of drug-likeness (QED) is 0.292. The Hall–Kier alpha value is -1.83. The van der Waals surface area contributed by atoms with Gasteiger partial charge in [0.05, 0.1) is 0 Å². The van der Waals surface area contributed by atoms with Crippen LogP contribution in [0, 0.1) is 0 Å². The molecule has 42 heavy (non-hydrogen) atoms. The average molecular weight is 593 g/mol. The lowest BCUT2D eigenvalue weighted by Crippen LogP contribution is -2.61. The first-order valence-electron chi connectivity index (χ1n) is 15.4. The van der Waals surface area contributed by atoms with Gasteiger partial charge in [-0.15, -0.1) is 0 Å². The lowest BCUT2D eigenvalue weighted by Gasteiger charge is -2.51. The van der Waals surface area contributed by atoms with Gasteiger partial charge in [0.2, 0.25) is 11.9 Å². The van der Waals surface area contributed by atoms with E-state index in [9.17, 15) is 15.6 Å². The van der Waals surface area contributed by atoms with E-state index in [1.54, 1.807) is 0 Å². The molecule has 240 valence electrons. The Kier molecular flexibility index (Phi) is 8.39. The van der Waals surface area contributed by atoms with Crippen LogP contribution in [0.15, 0.2) is 0 Å². The lowest BCUT2D eigenvalue weighted by atomic mass is 9.79. The number of rotatable bonds is 6. The summed E-state index contributed by atoms with van der Waals surface area (Å²) in [5.74, 6) is 0.837. The number of nitrogens with zero attached hydrogens (tertiary/aromatic N) is 6. The Morgan fingerprint density at radius 3 is 1.12 bits per heavy atom. The molecule has 0 unspecified atom stereocenters. The standard InChI is InChI=1S/C30H56N8O4/c1-25(2)13-19(14-26(3,4)36(25)39)31-22-33-23(32-20-15-27(5,6)37(40)28(7,8)16-20)35-24(34-22)42-21-17-29(9,10)38(41)30(11,12)18-21/h19-21,39-41H,13-18H2,1-12H3,(H2,31,32,33,34,35). The van der Waals surface area contributed by atoms with Crippen LogP contribution in [0.2, 0.25) is 0 Å². The van der Waals surface area contributed by atoms with E-state index in [2.05, 4.69) is 10.6 Å². The molecule has 0 spiro atoms. The summed E-state index contributed by atoms with van der Waals surface area (Å²) < 4.78 is 6.46. The van der Waals surface area contributed by atoms with E-state index < -0.39 is 33.2 Å². The summed E-state index contributed by atoms with van der Waals surface area (Å²) in [7, 11) is 0. The minimum atomic E-state index is -0.480. The molecule has 0 atom stereocenters. The summed E-state index contributed by atoms with van der Waals surface area (Å²) in [4.78, 5) is 14.2. The first kappa shape index (κ1) is 33.1. The molecule has 1 aromatic heterocycles. The molecule has 4 heterocycles. The number of hydrogen-bond donors (Lipinski definition) is 5. The van der Waals surface area contributed by atoms with E-state index in [1.807, 2.05) is 83.1 Å². The van der Waals surface area contributed by atoms with Crippen molar-refractivity contribution in [1.29, 1.82) is 0 Å². The van der Waals surface area contributed by atoms with Crippen molar-refractivity contribution in [2.45, 2.75) is 173 Å². The molecule has 3 aliphatic rings. The largest absolute Gasteiger partial charge is 0.460 e. The Balaban J connectivity index is 1.63. The van der Waals surface area contributed by atoms with E-state index in [-0.39, 0.29) is 24.2 Å². The molecule has 0 bridgehead atoms.